The molecule has 0 saturated carbocycles. The number of carbonyl (C=O) groups excluding carboxylic acids is 1. The quantitative estimate of drug-likeness (QED) is 0.920. The minimum absolute atomic E-state index is 0.186. The third-order valence-corrected chi connectivity index (χ3v) is 5.42. The molecule has 0 radical (unpaired) electrons. The maximum Gasteiger partial charge on any atom is 0.217 e. The number of nitrogens with zero attached hydrogens (tertiary/aromatic N) is 1. The van der Waals surface area contributed by atoms with Crippen LogP contribution in [0, 0.1) is 0 Å². The van der Waals surface area contributed by atoms with E-state index in [-0.39, 0.29) is 5.91 Å². The van der Waals surface area contributed by atoms with Crippen LogP contribution in [0.3, 0.4) is 0 Å². The molecular weight excluding hydrogens is 280 g/mol. The van der Waals surface area contributed by atoms with E-state index in [9.17, 15) is 4.79 Å². The number of carbonyl (C=O) groups is 1. The van der Waals surface area contributed by atoms with Crippen molar-refractivity contribution in [1.29, 1.82) is 0 Å². The first-order chi connectivity index (χ1) is 10.2. The van der Waals surface area contributed by atoms with Crippen molar-refractivity contribution in [3.05, 3.63) is 35.2 Å². The first-order valence-electron chi connectivity index (χ1n) is 7.71. The molecule has 1 aliphatic heterocycles. The van der Waals surface area contributed by atoms with Crippen LogP contribution >= 0.6 is 11.3 Å². The van der Waals surface area contributed by atoms with Gasteiger partial charge in [-0.05, 0) is 67.2 Å². The fourth-order valence-electron chi connectivity index (χ4n) is 3.26. The Kier molecular flexibility index (Phi) is 4.56. The predicted octanol–water partition coefficient (Wildman–Crippen LogP) is 3.35. The molecule has 4 heteroatoms. The average Bonchev–Trinajstić information content (AvgIpc) is 2.92. The van der Waals surface area contributed by atoms with E-state index >= 15 is 0 Å². The van der Waals surface area contributed by atoms with Gasteiger partial charge in [0.15, 0.2) is 0 Å². The number of nitrogens with two attached hydrogens (primary N) is 1. The summed E-state index contributed by atoms with van der Waals surface area (Å²) < 4.78 is 1.40. The van der Waals surface area contributed by atoms with Gasteiger partial charge in [-0.25, -0.2) is 0 Å². The highest BCUT2D eigenvalue weighted by Crippen LogP contribution is 2.36. The standard InChI is InChI=1S/C17H22N2OS/c18-17(20)6-3-9-19-10-7-13(8-11-19)15-12-21-16-5-2-1-4-14(15)16/h1-2,4-5,12-13H,3,6-11H2,(H2,18,20). The summed E-state index contributed by atoms with van der Waals surface area (Å²) in [6.45, 7) is 3.27. The van der Waals surface area contributed by atoms with E-state index in [2.05, 4.69) is 34.5 Å². The van der Waals surface area contributed by atoms with Crippen LogP contribution < -0.4 is 5.73 Å². The maximum atomic E-state index is 10.8. The molecule has 0 atom stereocenters. The van der Waals surface area contributed by atoms with E-state index < -0.39 is 0 Å². The van der Waals surface area contributed by atoms with Crippen molar-refractivity contribution in [1.82, 2.24) is 4.90 Å². The third kappa shape index (κ3) is 3.44. The van der Waals surface area contributed by atoms with Gasteiger partial charge in [0.2, 0.25) is 5.91 Å². The SMILES string of the molecule is NC(=O)CCCN1CCC(c2csc3ccccc23)CC1. The normalized spacial score (nSPS) is 17.3. The van der Waals surface area contributed by atoms with Crippen LogP contribution in [0.15, 0.2) is 29.6 Å². The van der Waals surface area contributed by atoms with Crippen molar-refractivity contribution in [2.24, 2.45) is 5.73 Å². The monoisotopic (exact) mass is 302 g/mol. The Hall–Kier alpha value is -1.39. The number of fused-ring (bicyclic) bond motifs is 1. The van der Waals surface area contributed by atoms with Crippen molar-refractivity contribution in [2.45, 2.75) is 31.6 Å². The Morgan fingerprint density at radius 3 is 2.81 bits per heavy atom. The molecule has 1 fully saturated rings. The zero-order valence-corrected chi connectivity index (χ0v) is 13.1. The van der Waals surface area contributed by atoms with Crippen molar-refractivity contribution in [2.75, 3.05) is 19.6 Å². The zero-order chi connectivity index (χ0) is 14.7. The lowest BCUT2D eigenvalue weighted by Gasteiger charge is -2.31. The first-order valence-corrected chi connectivity index (χ1v) is 8.59. The summed E-state index contributed by atoms with van der Waals surface area (Å²) >= 11 is 1.86. The Morgan fingerprint density at radius 2 is 2.05 bits per heavy atom. The minimum Gasteiger partial charge on any atom is -0.370 e. The molecule has 1 aromatic carbocycles. The highest BCUT2D eigenvalue weighted by molar-refractivity contribution is 7.17. The van der Waals surface area contributed by atoms with E-state index in [1.165, 1.54) is 28.5 Å². The number of piperidine rings is 1. The van der Waals surface area contributed by atoms with E-state index in [1.54, 1.807) is 0 Å². The van der Waals surface area contributed by atoms with Crippen LogP contribution in [0.25, 0.3) is 10.1 Å². The van der Waals surface area contributed by atoms with Crippen LogP contribution in [-0.4, -0.2) is 30.4 Å². The molecule has 3 nitrogen and oxygen atoms in total. The smallest absolute Gasteiger partial charge is 0.217 e. The van der Waals surface area contributed by atoms with Crippen LogP contribution in [0.4, 0.5) is 0 Å². The summed E-state index contributed by atoms with van der Waals surface area (Å²) in [5.74, 6) is 0.503. The molecule has 2 heterocycles. The van der Waals surface area contributed by atoms with Crippen molar-refractivity contribution >= 4 is 27.3 Å². The minimum atomic E-state index is -0.186. The third-order valence-electron chi connectivity index (χ3n) is 4.44. The van der Waals surface area contributed by atoms with E-state index in [0.29, 0.717) is 12.3 Å². The molecule has 1 amide bonds. The lowest BCUT2D eigenvalue weighted by molar-refractivity contribution is -0.118. The van der Waals surface area contributed by atoms with Gasteiger partial charge in [-0.1, -0.05) is 18.2 Å². The Balaban J connectivity index is 1.57. The largest absolute Gasteiger partial charge is 0.370 e. The molecule has 21 heavy (non-hydrogen) atoms. The Morgan fingerprint density at radius 1 is 1.29 bits per heavy atom. The molecular formula is C17H22N2OS. The summed E-state index contributed by atoms with van der Waals surface area (Å²) in [5.41, 5.74) is 6.73. The highest BCUT2D eigenvalue weighted by atomic mass is 32.1. The average molecular weight is 302 g/mol. The number of primary amides is 1. The topological polar surface area (TPSA) is 46.3 Å². The number of rotatable bonds is 5. The highest BCUT2D eigenvalue weighted by Gasteiger charge is 2.22. The van der Waals surface area contributed by atoms with Crippen LogP contribution in [0.1, 0.15) is 37.2 Å². The molecule has 0 unspecified atom stereocenters. The van der Waals surface area contributed by atoms with E-state index in [1.807, 2.05) is 11.3 Å². The molecule has 2 N–H and O–H groups in total. The summed E-state index contributed by atoms with van der Waals surface area (Å²) in [4.78, 5) is 13.2. The fraction of sp³-hybridized carbons (Fsp3) is 0.471. The van der Waals surface area contributed by atoms with Crippen molar-refractivity contribution < 1.29 is 4.79 Å². The van der Waals surface area contributed by atoms with Crippen LogP contribution in [0.2, 0.25) is 0 Å². The lowest BCUT2D eigenvalue weighted by atomic mass is 9.89. The number of hydrogen-bond donors (Lipinski definition) is 1. The van der Waals surface area contributed by atoms with Gasteiger partial charge in [0.05, 0.1) is 0 Å². The second kappa shape index (κ2) is 6.58. The van der Waals surface area contributed by atoms with Gasteiger partial charge < -0.3 is 10.6 Å². The summed E-state index contributed by atoms with van der Waals surface area (Å²) in [6, 6.07) is 8.71. The maximum absolute atomic E-state index is 10.8. The summed E-state index contributed by atoms with van der Waals surface area (Å²) in [6.07, 6.45) is 3.84. The van der Waals surface area contributed by atoms with Crippen LogP contribution in [0.5, 0.6) is 0 Å². The molecule has 0 bridgehead atoms. The predicted molar refractivity (Wildman–Crippen MR) is 88.7 cm³/mol. The van der Waals surface area contributed by atoms with Gasteiger partial charge in [-0.2, -0.15) is 0 Å². The molecule has 3 rings (SSSR count). The second-order valence-electron chi connectivity index (χ2n) is 5.87. The molecule has 1 aliphatic rings. The lowest BCUT2D eigenvalue weighted by Crippen LogP contribution is -2.34. The second-order valence-corrected chi connectivity index (χ2v) is 6.78. The van der Waals surface area contributed by atoms with Gasteiger partial charge in [0.25, 0.3) is 0 Å². The number of benzene rings is 1. The van der Waals surface area contributed by atoms with Gasteiger partial charge in [-0.3, -0.25) is 4.79 Å². The van der Waals surface area contributed by atoms with Crippen molar-refractivity contribution in [3.63, 3.8) is 0 Å². The number of amides is 1. The number of hydrogen-bond acceptors (Lipinski definition) is 3. The molecule has 1 aromatic heterocycles. The van der Waals surface area contributed by atoms with E-state index in [4.69, 9.17) is 5.73 Å². The molecule has 1 saturated heterocycles. The van der Waals surface area contributed by atoms with Gasteiger partial charge >= 0.3 is 0 Å². The first kappa shape index (κ1) is 14.5. The van der Waals surface area contributed by atoms with Gasteiger partial charge in [0, 0.05) is 11.1 Å². The molecule has 0 aliphatic carbocycles. The summed E-state index contributed by atoms with van der Waals surface area (Å²) in [5, 5.41) is 3.78. The molecule has 2 aromatic rings. The number of likely N-dealkylation sites (tertiary alicyclic amines) is 1. The molecule has 0 spiro atoms. The van der Waals surface area contributed by atoms with Crippen LogP contribution in [-0.2, 0) is 4.79 Å². The Labute approximate surface area is 129 Å². The fourth-order valence-corrected chi connectivity index (χ4v) is 4.30. The Bertz CT molecular complexity index is 614. The molecule has 112 valence electrons. The summed E-state index contributed by atoms with van der Waals surface area (Å²) in [7, 11) is 0. The number of thiophene rings is 1. The van der Waals surface area contributed by atoms with Crippen molar-refractivity contribution in [3.8, 4) is 0 Å². The van der Waals surface area contributed by atoms with Gasteiger partial charge in [-0.15, -0.1) is 11.3 Å². The van der Waals surface area contributed by atoms with Gasteiger partial charge in [0.1, 0.15) is 0 Å². The van der Waals surface area contributed by atoms with E-state index in [0.717, 1.165) is 26.1 Å². The zero-order valence-electron chi connectivity index (χ0n) is 12.3.